The molecule has 1 nitrogen and oxygen atoms in total. The molecule has 0 bridgehead atoms. The van der Waals surface area contributed by atoms with Gasteiger partial charge in [0.2, 0.25) is 0 Å². The van der Waals surface area contributed by atoms with Gasteiger partial charge in [-0.1, -0.05) is 0 Å². The Kier molecular flexibility index (Phi) is 8.52. The highest BCUT2D eigenvalue weighted by Gasteiger charge is 2.20. The fourth-order valence-electron chi connectivity index (χ4n) is 0.204. The minimum atomic E-state index is -6.00. The third kappa shape index (κ3) is 116. The Balaban J connectivity index is 0. The van der Waals surface area contributed by atoms with E-state index in [4.69, 9.17) is 4.74 Å². The van der Waals surface area contributed by atoms with Crippen molar-refractivity contribution in [2.45, 2.75) is 13.8 Å². The summed E-state index contributed by atoms with van der Waals surface area (Å²) in [7, 11) is -6.00. The van der Waals surface area contributed by atoms with E-state index in [1.807, 2.05) is 13.8 Å². The number of hydrogen-bond donors (Lipinski definition) is 0. The van der Waals surface area contributed by atoms with Crippen LogP contribution in [-0.2, 0) is 4.74 Å². The molecule has 64 valence electrons. The maximum Gasteiger partial charge on any atom is 0.673 e. The van der Waals surface area contributed by atoms with E-state index in [-0.39, 0.29) is 0 Å². The van der Waals surface area contributed by atoms with Gasteiger partial charge in [-0.2, -0.15) is 0 Å². The van der Waals surface area contributed by atoms with Gasteiger partial charge in [-0.3, -0.25) is 0 Å². The molecule has 0 heterocycles. The Morgan fingerprint density at radius 2 is 1.20 bits per heavy atom. The highest BCUT2D eigenvalue weighted by atomic mass is 19.5. The SMILES string of the molecule is CCOCC.F[B-](F)(F)F. The van der Waals surface area contributed by atoms with Crippen molar-refractivity contribution in [2.24, 2.45) is 0 Å². The van der Waals surface area contributed by atoms with Crippen molar-refractivity contribution in [1.29, 1.82) is 0 Å². The second-order valence-electron chi connectivity index (χ2n) is 1.28. The van der Waals surface area contributed by atoms with Gasteiger partial charge in [-0.25, -0.2) is 0 Å². The molecule has 0 atom stereocenters. The predicted molar refractivity (Wildman–Crippen MR) is 32.4 cm³/mol. The van der Waals surface area contributed by atoms with E-state index in [1.54, 1.807) is 0 Å². The second-order valence-corrected chi connectivity index (χ2v) is 1.28. The van der Waals surface area contributed by atoms with Gasteiger partial charge in [-0.15, -0.1) is 0 Å². The summed E-state index contributed by atoms with van der Waals surface area (Å²) in [6.45, 7) is 5.67. The van der Waals surface area contributed by atoms with Crippen molar-refractivity contribution in [3.63, 3.8) is 0 Å². The predicted octanol–water partition coefficient (Wildman–Crippen LogP) is 2.34. The molecule has 0 aliphatic rings. The number of ether oxygens (including phenoxy) is 1. The van der Waals surface area contributed by atoms with Gasteiger partial charge in [0, 0.05) is 13.2 Å². The molecule has 0 aromatic heterocycles. The number of rotatable bonds is 2. The lowest BCUT2D eigenvalue weighted by molar-refractivity contribution is 0.162. The van der Waals surface area contributed by atoms with E-state index in [9.17, 15) is 17.3 Å². The fraction of sp³-hybridized carbons (Fsp3) is 1.00. The fourth-order valence-corrected chi connectivity index (χ4v) is 0.204. The maximum atomic E-state index is 9.75. The molecule has 0 rings (SSSR count). The van der Waals surface area contributed by atoms with Gasteiger partial charge >= 0.3 is 7.25 Å². The normalized spacial score (nSPS) is 10.2. The molecule has 0 N–H and O–H groups in total. The van der Waals surface area contributed by atoms with Gasteiger partial charge in [0.15, 0.2) is 0 Å². The largest absolute Gasteiger partial charge is 0.673 e. The van der Waals surface area contributed by atoms with Crippen LogP contribution in [0.3, 0.4) is 0 Å². The van der Waals surface area contributed by atoms with Crippen LogP contribution in [-0.4, -0.2) is 20.5 Å². The first-order chi connectivity index (χ1) is 4.41. The molecule has 0 amide bonds. The van der Waals surface area contributed by atoms with Crippen molar-refractivity contribution >= 4 is 7.25 Å². The molecular formula is C4H10BF4O-. The van der Waals surface area contributed by atoms with Crippen molar-refractivity contribution in [3.05, 3.63) is 0 Å². The van der Waals surface area contributed by atoms with Crippen LogP contribution in [0.1, 0.15) is 13.8 Å². The van der Waals surface area contributed by atoms with Gasteiger partial charge < -0.3 is 22.0 Å². The molecule has 0 aliphatic carbocycles. The second kappa shape index (κ2) is 6.86. The van der Waals surface area contributed by atoms with E-state index in [0.717, 1.165) is 13.2 Å². The van der Waals surface area contributed by atoms with Gasteiger partial charge in [0.25, 0.3) is 0 Å². The summed E-state index contributed by atoms with van der Waals surface area (Å²) in [6, 6.07) is 0. The average Bonchev–Trinajstić information content (AvgIpc) is 1.63. The van der Waals surface area contributed by atoms with E-state index in [1.165, 1.54) is 0 Å². The first-order valence-corrected chi connectivity index (χ1v) is 2.86. The van der Waals surface area contributed by atoms with Crippen LogP contribution in [0.5, 0.6) is 0 Å². The van der Waals surface area contributed by atoms with Gasteiger partial charge in [0.05, 0.1) is 0 Å². The molecule has 0 aromatic carbocycles. The monoisotopic (exact) mass is 161 g/mol. The lowest BCUT2D eigenvalue weighted by Gasteiger charge is -1.94. The van der Waals surface area contributed by atoms with Crippen molar-refractivity contribution < 1.29 is 22.0 Å². The lowest BCUT2D eigenvalue weighted by Crippen LogP contribution is -2.02. The molecule has 10 heavy (non-hydrogen) atoms. The molecule has 0 spiro atoms. The van der Waals surface area contributed by atoms with E-state index in [0.29, 0.717) is 0 Å². The zero-order valence-electron chi connectivity index (χ0n) is 5.91. The standard InChI is InChI=1S/C4H10O.BF4/c1-3-5-4-2;2-1(3,4)5/h3-4H2,1-2H3;/q;-1. The summed E-state index contributed by atoms with van der Waals surface area (Å²) in [5.41, 5.74) is 0. The van der Waals surface area contributed by atoms with E-state index >= 15 is 0 Å². The minimum absolute atomic E-state index is 0.844. The number of hydrogen-bond acceptors (Lipinski definition) is 1. The zero-order valence-corrected chi connectivity index (χ0v) is 5.91. The molecule has 0 fully saturated rings. The molecule has 0 aromatic rings. The van der Waals surface area contributed by atoms with Crippen LogP contribution < -0.4 is 0 Å². The number of halogens is 4. The Morgan fingerprint density at radius 1 is 1.00 bits per heavy atom. The van der Waals surface area contributed by atoms with Crippen LogP contribution in [0.15, 0.2) is 0 Å². The Bertz CT molecular complexity index is 56.8. The van der Waals surface area contributed by atoms with Gasteiger partial charge in [-0.05, 0) is 13.8 Å². The Morgan fingerprint density at radius 3 is 1.20 bits per heavy atom. The molecular weight excluding hydrogens is 151 g/mol. The summed E-state index contributed by atoms with van der Waals surface area (Å²) >= 11 is 0. The van der Waals surface area contributed by atoms with Crippen molar-refractivity contribution in [2.75, 3.05) is 13.2 Å². The first-order valence-electron chi connectivity index (χ1n) is 2.86. The summed E-state index contributed by atoms with van der Waals surface area (Å²) < 4.78 is 43.8. The third-order valence-corrected chi connectivity index (χ3v) is 0.408. The average molecular weight is 161 g/mol. The highest BCUT2D eigenvalue weighted by Crippen LogP contribution is 2.06. The summed E-state index contributed by atoms with van der Waals surface area (Å²) in [4.78, 5) is 0. The van der Waals surface area contributed by atoms with E-state index < -0.39 is 7.25 Å². The topological polar surface area (TPSA) is 9.23 Å². The van der Waals surface area contributed by atoms with Crippen LogP contribution in [0.4, 0.5) is 17.3 Å². The summed E-state index contributed by atoms with van der Waals surface area (Å²) in [5.74, 6) is 0. The summed E-state index contributed by atoms with van der Waals surface area (Å²) in [5, 5.41) is 0. The van der Waals surface area contributed by atoms with Crippen LogP contribution in [0.25, 0.3) is 0 Å². The van der Waals surface area contributed by atoms with Crippen molar-refractivity contribution in [1.82, 2.24) is 0 Å². The smallest absolute Gasteiger partial charge is 0.418 e. The highest BCUT2D eigenvalue weighted by molar-refractivity contribution is 6.50. The molecule has 0 aliphatic heterocycles. The first kappa shape index (κ1) is 12.4. The molecule has 0 unspecified atom stereocenters. The molecule has 0 saturated carbocycles. The Labute approximate surface area is 57.5 Å². The van der Waals surface area contributed by atoms with Crippen molar-refractivity contribution in [3.8, 4) is 0 Å². The van der Waals surface area contributed by atoms with E-state index in [2.05, 4.69) is 0 Å². The molecule has 0 saturated heterocycles. The Hall–Kier alpha value is -0.255. The lowest BCUT2D eigenvalue weighted by atomic mass is 10.3. The van der Waals surface area contributed by atoms with Crippen LogP contribution >= 0.6 is 0 Å². The van der Waals surface area contributed by atoms with Crippen LogP contribution in [0, 0.1) is 0 Å². The van der Waals surface area contributed by atoms with Crippen LogP contribution in [0.2, 0.25) is 0 Å². The van der Waals surface area contributed by atoms with Gasteiger partial charge in [0.1, 0.15) is 0 Å². The molecule has 6 heteroatoms. The zero-order chi connectivity index (χ0) is 8.62. The molecule has 0 radical (unpaired) electrons. The maximum absolute atomic E-state index is 9.75. The summed E-state index contributed by atoms with van der Waals surface area (Å²) in [6.07, 6.45) is 0. The third-order valence-electron chi connectivity index (χ3n) is 0.408. The minimum Gasteiger partial charge on any atom is -0.418 e. The quantitative estimate of drug-likeness (QED) is 0.446.